The van der Waals surface area contributed by atoms with E-state index in [1.807, 2.05) is 37.3 Å². The van der Waals surface area contributed by atoms with Crippen LogP contribution in [0.2, 0.25) is 0 Å². The van der Waals surface area contributed by atoms with Crippen molar-refractivity contribution < 1.29 is 14.7 Å². The zero-order valence-electron chi connectivity index (χ0n) is 14.2. The van der Waals surface area contributed by atoms with Crippen LogP contribution in [-0.4, -0.2) is 32.8 Å². The van der Waals surface area contributed by atoms with Crippen molar-refractivity contribution in [3.63, 3.8) is 0 Å². The second kappa shape index (κ2) is 7.77. The third-order valence-electron chi connectivity index (χ3n) is 3.77. The Morgan fingerprint density at radius 2 is 1.92 bits per heavy atom. The quantitative estimate of drug-likeness (QED) is 0.816. The van der Waals surface area contributed by atoms with Crippen molar-refractivity contribution in [2.45, 2.75) is 39.8 Å². The smallest absolute Gasteiger partial charge is 0.326 e. The van der Waals surface area contributed by atoms with E-state index >= 15 is 0 Å². The summed E-state index contributed by atoms with van der Waals surface area (Å²) < 4.78 is 1.77. The van der Waals surface area contributed by atoms with Crippen LogP contribution in [0.4, 0.5) is 0 Å². The normalized spacial score (nSPS) is 12.2. The maximum Gasteiger partial charge on any atom is 0.326 e. The van der Waals surface area contributed by atoms with Crippen LogP contribution < -0.4 is 5.32 Å². The van der Waals surface area contributed by atoms with Gasteiger partial charge in [-0.15, -0.1) is 0 Å². The van der Waals surface area contributed by atoms with Gasteiger partial charge in [-0.05, 0) is 18.4 Å². The van der Waals surface area contributed by atoms with Gasteiger partial charge in [-0.25, -0.2) is 4.79 Å². The Hall–Kier alpha value is -2.63. The minimum atomic E-state index is -1.06. The number of hydrogen-bond donors (Lipinski definition) is 2. The minimum absolute atomic E-state index is 0.237. The Balaban J connectivity index is 2.11. The van der Waals surface area contributed by atoms with E-state index in [-0.39, 0.29) is 6.42 Å². The molecule has 0 bridgehead atoms. The number of hydrogen-bond acceptors (Lipinski definition) is 3. The molecule has 0 saturated heterocycles. The Kier molecular flexibility index (Phi) is 5.73. The van der Waals surface area contributed by atoms with E-state index < -0.39 is 17.9 Å². The van der Waals surface area contributed by atoms with Crippen LogP contribution in [0.1, 0.15) is 35.5 Å². The Morgan fingerprint density at radius 3 is 2.50 bits per heavy atom. The fraction of sp³-hybridized carbons (Fsp3) is 0.389. The highest BCUT2D eigenvalue weighted by Crippen LogP contribution is 2.11. The average molecular weight is 329 g/mol. The number of amides is 1. The number of carbonyl (C=O) groups excluding carboxylic acids is 1. The first kappa shape index (κ1) is 17.7. The van der Waals surface area contributed by atoms with Crippen LogP contribution in [-0.2, 0) is 17.8 Å². The highest BCUT2D eigenvalue weighted by molar-refractivity contribution is 5.97. The standard InChI is InChI=1S/C18H23N3O3/c1-12(2)11-21-13(3)15(10-19-21)17(22)20-16(18(23)24)9-14-7-5-4-6-8-14/h4-8,10,12,16H,9,11H2,1-3H3,(H,20,22)(H,23,24)/t16-/m0/s1. The lowest BCUT2D eigenvalue weighted by molar-refractivity contribution is -0.139. The van der Waals surface area contributed by atoms with Gasteiger partial charge in [0.1, 0.15) is 6.04 Å². The van der Waals surface area contributed by atoms with E-state index in [9.17, 15) is 14.7 Å². The van der Waals surface area contributed by atoms with Crippen molar-refractivity contribution >= 4 is 11.9 Å². The number of rotatable bonds is 7. The average Bonchev–Trinajstić information content (AvgIpc) is 2.88. The lowest BCUT2D eigenvalue weighted by Gasteiger charge is -2.15. The zero-order chi connectivity index (χ0) is 17.7. The van der Waals surface area contributed by atoms with Crippen molar-refractivity contribution in [3.05, 3.63) is 53.3 Å². The van der Waals surface area contributed by atoms with Crippen molar-refractivity contribution in [1.29, 1.82) is 0 Å². The molecule has 2 aromatic rings. The molecule has 0 saturated carbocycles. The molecule has 2 N–H and O–H groups in total. The molecule has 0 spiro atoms. The number of carboxylic acid groups (broad SMARTS) is 1. The fourth-order valence-corrected chi connectivity index (χ4v) is 2.49. The third kappa shape index (κ3) is 4.44. The van der Waals surface area contributed by atoms with Crippen LogP contribution in [0.3, 0.4) is 0 Å². The lowest BCUT2D eigenvalue weighted by atomic mass is 10.1. The van der Waals surface area contributed by atoms with E-state index in [1.54, 1.807) is 4.68 Å². The highest BCUT2D eigenvalue weighted by Gasteiger charge is 2.23. The van der Waals surface area contributed by atoms with E-state index in [2.05, 4.69) is 24.3 Å². The summed E-state index contributed by atoms with van der Waals surface area (Å²) in [5.41, 5.74) is 2.01. The molecule has 2 rings (SSSR count). The van der Waals surface area contributed by atoms with Crippen molar-refractivity contribution in [1.82, 2.24) is 15.1 Å². The van der Waals surface area contributed by atoms with Gasteiger partial charge in [-0.1, -0.05) is 44.2 Å². The molecule has 0 unspecified atom stereocenters. The third-order valence-corrected chi connectivity index (χ3v) is 3.77. The summed E-state index contributed by atoms with van der Waals surface area (Å²) in [5.74, 6) is -1.06. The van der Waals surface area contributed by atoms with Crippen LogP contribution in [0.5, 0.6) is 0 Å². The predicted molar refractivity (Wildman–Crippen MR) is 90.8 cm³/mol. The second-order valence-electron chi connectivity index (χ2n) is 6.27. The molecular weight excluding hydrogens is 306 g/mol. The van der Waals surface area contributed by atoms with Crippen molar-refractivity contribution in [2.75, 3.05) is 0 Å². The SMILES string of the molecule is Cc1c(C(=O)N[C@@H](Cc2ccccc2)C(=O)O)cnn1CC(C)C. The summed E-state index contributed by atoms with van der Waals surface area (Å²) in [5, 5.41) is 16.2. The first-order valence-corrected chi connectivity index (χ1v) is 7.98. The highest BCUT2D eigenvalue weighted by atomic mass is 16.4. The monoisotopic (exact) mass is 329 g/mol. The summed E-state index contributed by atoms with van der Waals surface area (Å²) in [6.07, 6.45) is 1.73. The number of carbonyl (C=O) groups is 2. The van der Waals surface area contributed by atoms with E-state index in [0.717, 1.165) is 11.3 Å². The molecule has 6 nitrogen and oxygen atoms in total. The van der Waals surface area contributed by atoms with Gasteiger partial charge in [0.2, 0.25) is 0 Å². The van der Waals surface area contributed by atoms with Crippen molar-refractivity contribution in [2.24, 2.45) is 5.92 Å². The number of aliphatic carboxylic acids is 1. The van der Waals surface area contributed by atoms with Gasteiger partial charge in [0.25, 0.3) is 5.91 Å². The van der Waals surface area contributed by atoms with Gasteiger partial charge >= 0.3 is 5.97 Å². The molecule has 6 heteroatoms. The van der Waals surface area contributed by atoms with Crippen molar-refractivity contribution in [3.8, 4) is 0 Å². The molecule has 128 valence electrons. The number of aromatic nitrogens is 2. The maximum atomic E-state index is 12.4. The van der Waals surface area contributed by atoms with Gasteiger partial charge in [-0.2, -0.15) is 5.10 Å². The van der Waals surface area contributed by atoms with Gasteiger partial charge in [0, 0.05) is 18.7 Å². The molecule has 0 aliphatic heterocycles. The predicted octanol–water partition coefficient (Wildman–Crippen LogP) is 2.27. The molecule has 1 aromatic carbocycles. The largest absolute Gasteiger partial charge is 0.480 e. The molecular formula is C18H23N3O3. The number of nitrogens with zero attached hydrogens (tertiary/aromatic N) is 2. The Labute approximate surface area is 141 Å². The molecule has 0 fully saturated rings. The summed E-state index contributed by atoms with van der Waals surface area (Å²) >= 11 is 0. The maximum absolute atomic E-state index is 12.4. The van der Waals surface area contributed by atoms with Gasteiger partial charge in [0.05, 0.1) is 11.8 Å². The molecule has 1 amide bonds. The molecule has 0 aliphatic rings. The lowest BCUT2D eigenvalue weighted by Crippen LogP contribution is -2.42. The number of benzene rings is 1. The second-order valence-corrected chi connectivity index (χ2v) is 6.27. The van der Waals surface area contributed by atoms with Crippen LogP contribution in [0.15, 0.2) is 36.5 Å². The molecule has 0 aliphatic carbocycles. The summed E-state index contributed by atoms with van der Waals surface area (Å²) in [7, 11) is 0. The number of nitrogens with one attached hydrogen (secondary N) is 1. The van der Waals surface area contributed by atoms with Gasteiger partial charge in [-0.3, -0.25) is 9.48 Å². The van der Waals surface area contributed by atoms with Crippen LogP contribution in [0.25, 0.3) is 0 Å². The molecule has 0 radical (unpaired) electrons. The molecule has 1 atom stereocenters. The van der Waals surface area contributed by atoms with Gasteiger partial charge < -0.3 is 10.4 Å². The minimum Gasteiger partial charge on any atom is -0.480 e. The first-order chi connectivity index (χ1) is 11.4. The molecule has 1 aromatic heterocycles. The molecule has 1 heterocycles. The summed E-state index contributed by atoms with van der Waals surface area (Å²) in [6.45, 7) is 6.67. The fourth-order valence-electron chi connectivity index (χ4n) is 2.49. The van der Waals surface area contributed by atoms with Gasteiger partial charge in [0.15, 0.2) is 0 Å². The molecule has 24 heavy (non-hydrogen) atoms. The Bertz CT molecular complexity index is 708. The number of carboxylic acids is 1. The summed E-state index contributed by atoms with van der Waals surface area (Å²) in [4.78, 5) is 23.9. The first-order valence-electron chi connectivity index (χ1n) is 7.98. The van der Waals surface area contributed by atoms with Crippen LogP contribution >= 0.6 is 0 Å². The topological polar surface area (TPSA) is 84.2 Å². The van der Waals surface area contributed by atoms with E-state index in [1.165, 1.54) is 6.20 Å². The Morgan fingerprint density at radius 1 is 1.25 bits per heavy atom. The summed E-state index contributed by atoms with van der Waals surface area (Å²) in [6, 6.07) is 8.26. The van der Waals surface area contributed by atoms with E-state index in [0.29, 0.717) is 18.0 Å². The zero-order valence-corrected chi connectivity index (χ0v) is 14.2. The van der Waals surface area contributed by atoms with Crippen LogP contribution in [0, 0.1) is 12.8 Å². The van der Waals surface area contributed by atoms with E-state index in [4.69, 9.17) is 0 Å².